The number of piperidine rings is 1. The number of anilines is 2. The van der Waals surface area contributed by atoms with Gasteiger partial charge in [0.15, 0.2) is 0 Å². The van der Waals surface area contributed by atoms with E-state index in [1.54, 1.807) is 0 Å². The molecule has 2 aliphatic heterocycles. The van der Waals surface area contributed by atoms with Crippen LogP contribution in [0.4, 0.5) is 11.4 Å². The zero-order valence-electron chi connectivity index (χ0n) is 13.2. The summed E-state index contributed by atoms with van der Waals surface area (Å²) in [5.74, 6) is 0.0712. The van der Waals surface area contributed by atoms with Gasteiger partial charge in [0, 0.05) is 17.8 Å². The molecule has 0 aromatic heterocycles. The van der Waals surface area contributed by atoms with Gasteiger partial charge in [-0.3, -0.25) is 9.59 Å². The van der Waals surface area contributed by atoms with E-state index in [9.17, 15) is 9.59 Å². The topological polar surface area (TPSA) is 70.2 Å². The summed E-state index contributed by atoms with van der Waals surface area (Å²) < 4.78 is 0. The second-order valence-electron chi connectivity index (χ2n) is 6.89. The standard InChI is InChI=1S/C17H23N3O2/c1-17(2)8-3-9-18-15(17)16(22)19-12-5-6-13-11(10-12)4-7-14(21)20-13/h5-6,10,15,18H,3-4,7-9H2,1-2H3,(H,19,22)(H,20,21). The number of hydrogen-bond donors (Lipinski definition) is 3. The van der Waals surface area contributed by atoms with Crippen LogP contribution >= 0.6 is 0 Å². The Hall–Kier alpha value is -1.88. The number of rotatable bonds is 2. The van der Waals surface area contributed by atoms with E-state index < -0.39 is 0 Å². The smallest absolute Gasteiger partial charge is 0.242 e. The predicted molar refractivity (Wildman–Crippen MR) is 86.8 cm³/mol. The molecule has 3 N–H and O–H groups in total. The second kappa shape index (κ2) is 5.72. The molecule has 118 valence electrons. The van der Waals surface area contributed by atoms with Crippen molar-refractivity contribution in [1.82, 2.24) is 5.32 Å². The van der Waals surface area contributed by atoms with E-state index in [1.807, 2.05) is 18.2 Å². The lowest BCUT2D eigenvalue weighted by atomic mass is 9.77. The van der Waals surface area contributed by atoms with Gasteiger partial charge in [0.2, 0.25) is 11.8 Å². The van der Waals surface area contributed by atoms with Crippen LogP contribution in [0.1, 0.15) is 38.7 Å². The first-order valence-corrected chi connectivity index (χ1v) is 7.93. The Morgan fingerprint density at radius 3 is 2.91 bits per heavy atom. The van der Waals surface area contributed by atoms with Crippen LogP contribution in [-0.4, -0.2) is 24.4 Å². The van der Waals surface area contributed by atoms with Gasteiger partial charge in [0.05, 0.1) is 6.04 Å². The molecular formula is C17H23N3O2. The molecule has 0 radical (unpaired) electrons. The lowest BCUT2D eigenvalue weighted by Crippen LogP contribution is -2.53. The van der Waals surface area contributed by atoms with Gasteiger partial charge in [-0.1, -0.05) is 13.8 Å². The summed E-state index contributed by atoms with van der Waals surface area (Å²) in [6, 6.07) is 5.50. The fourth-order valence-electron chi connectivity index (χ4n) is 3.33. The molecule has 1 unspecified atom stereocenters. The minimum absolute atomic E-state index is 0.0181. The number of hydrogen-bond acceptors (Lipinski definition) is 3. The van der Waals surface area contributed by atoms with Gasteiger partial charge in [0.1, 0.15) is 0 Å². The van der Waals surface area contributed by atoms with E-state index in [-0.39, 0.29) is 23.3 Å². The molecule has 1 aromatic rings. The van der Waals surface area contributed by atoms with Crippen LogP contribution in [0.2, 0.25) is 0 Å². The Kier molecular flexibility index (Phi) is 3.91. The molecule has 2 aliphatic rings. The molecule has 0 saturated carbocycles. The minimum atomic E-state index is -0.169. The quantitative estimate of drug-likeness (QED) is 0.785. The summed E-state index contributed by atoms with van der Waals surface area (Å²) in [4.78, 5) is 23.9. The number of carbonyl (C=O) groups is 2. The molecule has 0 bridgehead atoms. The SMILES string of the molecule is CC1(C)CCCNC1C(=O)Nc1ccc2c(c1)CCC(=O)N2. The normalized spacial score (nSPS) is 23.4. The molecule has 1 atom stereocenters. The maximum atomic E-state index is 12.6. The number of aryl methyl sites for hydroxylation is 1. The van der Waals surface area contributed by atoms with E-state index in [2.05, 4.69) is 29.8 Å². The van der Waals surface area contributed by atoms with Crippen molar-refractivity contribution in [3.05, 3.63) is 23.8 Å². The summed E-state index contributed by atoms with van der Waals surface area (Å²) >= 11 is 0. The predicted octanol–water partition coefficient (Wildman–Crippen LogP) is 2.29. The fraction of sp³-hybridized carbons (Fsp3) is 0.529. The molecule has 1 fully saturated rings. The van der Waals surface area contributed by atoms with Gasteiger partial charge in [-0.15, -0.1) is 0 Å². The molecule has 2 amide bonds. The first-order valence-electron chi connectivity index (χ1n) is 7.93. The highest BCUT2D eigenvalue weighted by atomic mass is 16.2. The zero-order valence-corrected chi connectivity index (χ0v) is 13.2. The third-order valence-electron chi connectivity index (χ3n) is 4.66. The van der Waals surface area contributed by atoms with Crippen molar-refractivity contribution in [3.63, 3.8) is 0 Å². The molecule has 1 aromatic carbocycles. The van der Waals surface area contributed by atoms with E-state index in [1.165, 1.54) is 0 Å². The second-order valence-corrected chi connectivity index (χ2v) is 6.89. The number of fused-ring (bicyclic) bond motifs is 1. The van der Waals surface area contributed by atoms with E-state index in [0.717, 1.165) is 42.7 Å². The molecule has 0 spiro atoms. The number of benzene rings is 1. The molecule has 1 saturated heterocycles. The number of nitrogens with one attached hydrogen (secondary N) is 3. The summed E-state index contributed by atoms with van der Waals surface area (Å²) in [5.41, 5.74) is 2.69. The third kappa shape index (κ3) is 2.99. The van der Waals surface area contributed by atoms with E-state index in [0.29, 0.717) is 6.42 Å². The fourth-order valence-corrected chi connectivity index (χ4v) is 3.33. The average molecular weight is 301 g/mol. The van der Waals surface area contributed by atoms with Crippen LogP contribution in [0.3, 0.4) is 0 Å². The van der Waals surface area contributed by atoms with Crippen LogP contribution < -0.4 is 16.0 Å². The summed E-state index contributed by atoms with van der Waals surface area (Å²) in [7, 11) is 0. The van der Waals surface area contributed by atoms with Crippen molar-refractivity contribution >= 4 is 23.2 Å². The van der Waals surface area contributed by atoms with E-state index >= 15 is 0 Å². The summed E-state index contributed by atoms with van der Waals surface area (Å²) in [6.07, 6.45) is 3.38. The van der Waals surface area contributed by atoms with E-state index in [4.69, 9.17) is 0 Å². The molecular weight excluding hydrogens is 278 g/mol. The maximum absolute atomic E-state index is 12.6. The van der Waals surface area contributed by atoms with Crippen LogP contribution in [0, 0.1) is 5.41 Å². The van der Waals surface area contributed by atoms with Gasteiger partial charge in [-0.25, -0.2) is 0 Å². The minimum Gasteiger partial charge on any atom is -0.326 e. The van der Waals surface area contributed by atoms with Crippen LogP contribution in [0.15, 0.2) is 18.2 Å². The van der Waals surface area contributed by atoms with Gasteiger partial charge in [0.25, 0.3) is 0 Å². The molecule has 5 nitrogen and oxygen atoms in total. The first kappa shape index (κ1) is 15.0. The van der Waals surface area contributed by atoms with Crippen LogP contribution in [0.25, 0.3) is 0 Å². The van der Waals surface area contributed by atoms with Crippen LogP contribution in [0.5, 0.6) is 0 Å². The van der Waals surface area contributed by atoms with Gasteiger partial charge < -0.3 is 16.0 Å². The molecule has 5 heteroatoms. The highest BCUT2D eigenvalue weighted by Crippen LogP contribution is 2.31. The van der Waals surface area contributed by atoms with Crippen molar-refractivity contribution in [1.29, 1.82) is 0 Å². The Labute approximate surface area is 130 Å². The Bertz CT molecular complexity index is 610. The summed E-state index contributed by atoms with van der Waals surface area (Å²) in [5, 5.41) is 9.20. The lowest BCUT2D eigenvalue weighted by Gasteiger charge is -2.38. The largest absolute Gasteiger partial charge is 0.326 e. The number of carbonyl (C=O) groups excluding carboxylic acids is 2. The zero-order chi connectivity index (χ0) is 15.7. The van der Waals surface area contributed by atoms with Crippen molar-refractivity contribution < 1.29 is 9.59 Å². The van der Waals surface area contributed by atoms with Crippen LogP contribution in [-0.2, 0) is 16.0 Å². The molecule has 3 rings (SSSR count). The maximum Gasteiger partial charge on any atom is 0.242 e. The highest BCUT2D eigenvalue weighted by Gasteiger charge is 2.37. The average Bonchev–Trinajstić information content (AvgIpc) is 2.47. The Balaban J connectivity index is 1.73. The van der Waals surface area contributed by atoms with Crippen molar-refractivity contribution in [2.75, 3.05) is 17.2 Å². The van der Waals surface area contributed by atoms with Gasteiger partial charge >= 0.3 is 0 Å². The van der Waals surface area contributed by atoms with Crippen molar-refractivity contribution in [3.8, 4) is 0 Å². The Morgan fingerprint density at radius 2 is 2.14 bits per heavy atom. The van der Waals surface area contributed by atoms with Crippen molar-refractivity contribution in [2.45, 2.75) is 45.6 Å². The van der Waals surface area contributed by atoms with Gasteiger partial charge in [-0.2, -0.15) is 0 Å². The first-order chi connectivity index (χ1) is 10.5. The summed E-state index contributed by atoms with van der Waals surface area (Å²) in [6.45, 7) is 5.15. The molecule has 0 aliphatic carbocycles. The number of amides is 2. The van der Waals surface area contributed by atoms with Crippen molar-refractivity contribution in [2.24, 2.45) is 5.41 Å². The lowest BCUT2D eigenvalue weighted by molar-refractivity contribution is -0.121. The third-order valence-corrected chi connectivity index (χ3v) is 4.66. The highest BCUT2D eigenvalue weighted by molar-refractivity contribution is 5.97. The molecule has 2 heterocycles. The van der Waals surface area contributed by atoms with Gasteiger partial charge in [-0.05, 0) is 55.0 Å². The monoisotopic (exact) mass is 301 g/mol. The molecule has 22 heavy (non-hydrogen) atoms. The Morgan fingerprint density at radius 1 is 1.32 bits per heavy atom.